The molecule has 4 N–H and O–H groups in total. The second-order valence-corrected chi connectivity index (χ2v) is 7.01. The predicted molar refractivity (Wildman–Crippen MR) is 115 cm³/mol. The molecular weight excluding hydrogens is 432 g/mol. The number of esters is 2. The number of aliphatic hydroxyl groups excluding tert-OH is 1. The fourth-order valence-electron chi connectivity index (χ4n) is 2.78. The van der Waals surface area contributed by atoms with Crippen molar-refractivity contribution >= 4 is 23.8 Å². The zero-order valence-corrected chi connectivity index (χ0v) is 18.0. The van der Waals surface area contributed by atoms with E-state index in [1.807, 2.05) is 0 Å². The van der Waals surface area contributed by atoms with E-state index in [2.05, 4.69) is 10.1 Å². The Kier molecular flexibility index (Phi) is 10.00. The summed E-state index contributed by atoms with van der Waals surface area (Å²) in [6, 6.07) is 16.0. The van der Waals surface area contributed by atoms with Crippen LogP contribution in [0.25, 0.3) is 0 Å². The largest absolute Gasteiger partial charge is 0.467 e. The van der Waals surface area contributed by atoms with Gasteiger partial charge in [-0.05, 0) is 11.1 Å². The minimum absolute atomic E-state index is 0.0885. The normalized spacial score (nSPS) is 13.3. The van der Waals surface area contributed by atoms with E-state index >= 15 is 0 Å². The molecule has 0 aliphatic heterocycles. The van der Waals surface area contributed by atoms with Gasteiger partial charge in [-0.15, -0.1) is 0 Å². The molecule has 0 radical (unpaired) electrons. The van der Waals surface area contributed by atoms with E-state index in [1.54, 1.807) is 60.7 Å². The van der Waals surface area contributed by atoms with Gasteiger partial charge >= 0.3 is 11.9 Å². The molecule has 2 amide bonds. The van der Waals surface area contributed by atoms with Gasteiger partial charge in [-0.1, -0.05) is 60.7 Å². The van der Waals surface area contributed by atoms with Gasteiger partial charge in [0.2, 0.25) is 5.91 Å². The van der Waals surface area contributed by atoms with Crippen molar-refractivity contribution in [1.82, 2.24) is 5.32 Å². The van der Waals surface area contributed by atoms with Crippen molar-refractivity contribution in [1.29, 1.82) is 0 Å². The number of aliphatic hydroxyl groups is 1. The topological polar surface area (TPSA) is 154 Å². The number of hydrogen-bond donors (Lipinski definition) is 3. The molecule has 0 spiro atoms. The van der Waals surface area contributed by atoms with Crippen molar-refractivity contribution < 1.29 is 38.5 Å². The molecule has 0 aromatic heterocycles. The maximum atomic E-state index is 12.6. The first-order valence-corrected chi connectivity index (χ1v) is 10.0. The van der Waals surface area contributed by atoms with Crippen molar-refractivity contribution in [2.45, 2.75) is 37.9 Å². The number of nitrogens with one attached hydrogen (secondary N) is 1. The summed E-state index contributed by atoms with van der Waals surface area (Å²) in [4.78, 5) is 48.5. The minimum Gasteiger partial charge on any atom is -0.467 e. The van der Waals surface area contributed by atoms with Crippen molar-refractivity contribution in [3.8, 4) is 0 Å². The van der Waals surface area contributed by atoms with Gasteiger partial charge in [0.1, 0.15) is 12.6 Å². The van der Waals surface area contributed by atoms with Crippen LogP contribution in [-0.4, -0.2) is 54.2 Å². The van der Waals surface area contributed by atoms with Gasteiger partial charge in [0.15, 0.2) is 12.2 Å². The lowest BCUT2D eigenvalue weighted by Crippen LogP contribution is -2.53. The average molecular weight is 458 g/mol. The number of rotatable bonds is 12. The summed E-state index contributed by atoms with van der Waals surface area (Å²) in [5.41, 5.74) is 6.55. The Morgan fingerprint density at radius 3 is 1.97 bits per heavy atom. The molecule has 3 atom stereocenters. The van der Waals surface area contributed by atoms with E-state index in [0.29, 0.717) is 11.1 Å². The Labute approximate surface area is 190 Å². The van der Waals surface area contributed by atoms with Gasteiger partial charge in [-0.3, -0.25) is 9.59 Å². The third-order valence-electron chi connectivity index (χ3n) is 4.49. The van der Waals surface area contributed by atoms with E-state index in [-0.39, 0.29) is 13.2 Å². The van der Waals surface area contributed by atoms with Crippen molar-refractivity contribution in [2.75, 3.05) is 7.11 Å². The zero-order chi connectivity index (χ0) is 24.2. The SMILES string of the molecule is COC(=O)[C@@H](OCc1ccccc1)[C@H](O)C(=O)N[C@@H](CC(N)=O)C(=O)OCc1ccccc1. The zero-order valence-electron chi connectivity index (χ0n) is 18.0. The third kappa shape index (κ3) is 8.36. The molecule has 2 aromatic rings. The molecule has 10 heteroatoms. The summed E-state index contributed by atoms with van der Waals surface area (Å²) in [5, 5.41) is 12.6. The summed E-state index contributed by atoms with van der Waals surface area (Å²) in [6.45, 7) is -0.187. The molecule has 0 aliphatic carbocycles. The number of carbonyl (C=O) groups excluding carboxylic acids is 4. The predicted octanol–water partition coefficient (Wildman–Crippen LogP) is 0.209. The highest BCUT2D eigenvalue weighted by atomic mass is 16.6. The standard InChI is InChI=1S/C23H26N2O8/c1-31-23(30)20(32-13-15-8-4-2-5-9-15)19(27)21(28)25-17(12-18(24)26)22(29)33-14-16-10-6-3-7-11-16/h2-11,17,19-20,27H,12-14H2,1H3,(H2,24,26)(H,25,28)/t17-,19-,20-/m0/s1. The van der Waals surface area contributed by atoms with Crippen LogP contribution in [0.1, 0.15) is 17.5 Å². The molecule has 2 aromatic carbocycles. The molecule has 0 saturated carbocycles. The lowest BCUT2D eigenvalue weighted by molar-refractivity contribution is -0.168. The number of primary amides is 1. The molecule has 0 fully saturated rings. The lowest BCUT2D eigenvalue weighted by atomic mass is 10.1. The van der Waals surface area contributed by atoms with Crippen LogP contribution < -0.4 is 11.1 Å². The Morgan fingerprint density at radius 2 is 1.45 bits per heavy atom. The van der Waals surface area contributed by atoms with E-state index in [0.717, 1.165) is 7.11 Å². The fraction of sp³-hybridized carbons (Fsp3) is 0.304. The van der Waals surface area contributed by atoms with Crippen LogP contribution in [0.2, 0.25) is 0 Å². The molecule has 10 nitrogen and oxygen atoms in total. The molecule has 33 heavy (non-hydrogen) atoms. The van der Waals surface area contributed by atoms with Crippen LogP contribution in [-0.2, 0) is 46.6 Å². The maximum absolute atomic E-state index is 12.6. The quantitative estimate of drug-likeness (QED) is 0.381. The first kappa shape index (κ1) is 25.5. The highest BCUT2D eigenvalue weighted by Gasteiger charge is 2.36. The lowest BCUT2D eigenvalue weighted by Gasteiger charge is -2.23. The molecule has 176 valence electrons. The van der Waals surface area contributed by atoms with Gasteiger partial charge in [0, 0.05) is 0 Å². The van der Waals surface area contributed by atoms with Crippen molar-refractivity contribution in [3.63, 3.8) is 0 Å². The summed E-state index contributed by atoms with van der Waals surface area (Å²) in [6.07, 6.45) is -4.27. The fourth-order valence-corrected chi connectivity index (χ4v) is 2.78. The van der Waals surface area contributed by atoms with Gasteiger partial charge in [-0.2, -0.15) is 0 Å². The highest BCUT2D eigenvalue weighted by molar-refractivity contribution is 5.93. The van der Waals surface area contributed by atoms with Crippen LogP contribution >= 0.6 is 0 Å². The van der Waals surface area contributed by atoms with Gasteiger partial charge < -0.3 is 30.4 Å². The summed E-state index contributed by atoms with van der Waals surface area (Å²) < 4.78 is 15.1. The van der Waals surface area contributed by atoms with E-state index in [4.69, 9.17) is 15.2 Å². The molecule has 0 aliphatic rings. The Hall–Kier alpha value is -3.76. The number of amides is 2. The number of methoxy groups -OCH3 is 1. The number of nitrogens with two attached hydrogens (primary N) is 1. The molecule has 0 unspecified atom stereocenters. The highest BCUT2D eigenvalue weighted by Crippen LogP contribution is 2.10. The van der Waals surface area contributed by atoms with E-state index < -0.39 is 48.4 Å². The Balaban J connectivity index is 2.04. The molecule has 2 rings (SSSR count). The van der Waals surface area contributed by atoms with Gasteiger partial charge in [-0.25, -0.2) is 9.59 Å². The van der Waals surface area contributed by atoms with Crippen LogP contribution in [0, 0.1) is 0 Å². The van der Waals surface area contributed by atoms with Crippen LogP contribution in [0.3, 0.4) is 0 Å². The Morgan fingerprint density at radius 1 is 0.909 bits per heavy atom. The number of hydrogen-bond acceptors (Lipinski definition) is 8. The van der Waals surface area contributed by atoms with E-state index in [1.165, 1.54) is 0 Å². The van der Waals surface area contributed by atoms with Crippen molar-refractivity contribution in [3.05, 3.63) is 71.8 Å². The summed E-state index contributed by atoms with van der Waals surface area (Å²) in [5.74, 6) is -3.94. The van der Waals surface area contributed by atoms with E-state index in [9.17, 15) is 24.3 Å². The number of ether oxygens (including phenoxy) is 3. The van der Waals surface area contributed by atoms with Crippen LogP contribution in [0.5, 0.6) is 0 Å². The number of carbonyl (C=O) groups is 4. The maximum Gasteiger partial charge on any atom is 0.338 e. The van der Waals surface area contributed by atoms with Crippen LogP contribution in [0.15, 0.2) is 60.7 Å². The summed E-state index contributed by atoms with van der Waals surface area (Å²) in [7, 11) is 1.07. The smallest absolute Gasteiger partial charge is 0.338 e. The third-order valence-corrected chi connectivity index (χ3v) is 4.49. The van der Waals surface area contributed by atoms with Crippen LogP contribution in [0.4, 0.5) is 0 Å². The van der Waals surface area contributed by atoms with Gasteiger partial charge in [0.05, 0.1) is 20.1 Å². The van der Waals surface area contributed by atoms with Gasteiger partial charge in [0.25, 0.3) is 5.91 Å². The monoisotopic (exact) mass is 458 g/mol. The first-order chi connectivity index (χ1) is 15.8. The molecule has 0 bridgehead atoms. The average Bonchev–Trinajstić information content (AvgIpc) is 2.82. The molecule has 0 saturated heterocycles. The second-order valence-electron chi connectivity index (χ2n) is 7.01. The molecular formula is C23H26N2O8. The minimum atomic E-state index is -2.03. The Bertz CT molecular complexity index is 936. The summed E-state index contributed by atoms with van der Waals surface area (Å²) >= 11 is 0. The molecule has 0 heterocycles. The second kappa shape index (κ2) is 12.9. The number of benzene rings is 2. The van der Waals surface area contributed by atoms with Crippen molar-refractivity contribution in [2.24, 2.45) is 5.73 Å². The first-order valence-electron chi connectivity index (χ1n) is 10.0.